The lowest BCUT2D eigenvalue weighted by molar-refractivity contribution is -0.219. The van der Waals surface area contributed by atoms with Gasteiger partial charge in [-0.2, -0.15) is 13.2 Å². The molecule has 2 N–H and O–H groups in total. The van der Waals surface area contributed by atoms with Crippen LogP contribution in [0.5, 0.6) is 5.88 Å². The van der Waals surface area contributed by atoms with Gasteiger partial charge in [0.05, 0.1) is 11.0 Å². The number of carbonyl (C=O) groups is 1. The average Bonchev–Trinajstić information content (AvgIpc) is 3.59. The Morgan fingerprint density at radius 1 is 1.30 bits per heavy atom. The summed E-state index contributed by atoms with van der Waals surface area (Å²) >= 11 is 0. The Labute approximate surface area is 238 Å². The second-order valence-electron chi connectivity index (χ2n) is 10.6. The number of pyridine rings is 1. The molecule has 0 unspecified atom stereocenters. The van der Waals surface area contributed by atoms with Gasteiger partial charge in [0, 0.05) is 43.6 Å². The normalized spacial score (nSPS) is 21.1. The Morgan fingerprint density at radius 3 is 2.62 bits per heavy atom. The molecule has 0 radical (unpaired) electrons. The number of amides is 1. The molecular formula is C26H33F3N6O4S. The van der Waals surface area contributed by atoms with Crippen LogP contribution in [0, 0.1) is 18.3 Å². The van der Waals surface area contributed by atoms with Gasteiger partial charge in [-0.05, 0) is 64.6 Å². The molecule has 14 heteroatoms. The van der Waals surface area contributed by atoms with Crippen molar-refractivity contribution in [2.75, 3.05) is 18.1 Å². The third-order valence-corrected chi connectivity index (χ3v) is 7.97. The number of rotatable bonds is 8. The summed E-state index contributed by atoms with van der Waals surface area (Å²) in [6, 6.07) is 3.81. The molecule has 1 fully saturated rings. The second-order valence-corrected chi connectivity index (χ2v) is 12.3. The van der Waals surface area contributed by atoms with E-state index in [1.165, 1.54) is 62.5 Å². The number of anilines is 1. The number of ether oxygens (including phenoxy) is 1. The van der Waals surface area contributed by atoms with E-state index in [2.05, 4.69) is 15.1 Å². The Balaban J connectivity index is 1.77. The van der Waals surface area contributed by atoms with Crippen LogP contribution in [-0.4, -0.2) is 58.9 Å². The Kier molecular flexibility index (Phi) is 5.87. The zero-order chi connectivity index (χ0) is 34.0. The Bertz CT molecular complexity index is 1700. The summed E-state index contributed by atoms with van der Waals surface area (Å²) in [5.41, 5.74) is -3.70. The van der Waals surface area contributed by atoms with Crippen molar-refractivity contribution in [3.8, 4) is 11.7 Å². The van der Waals surface area contributed by atoms with E-state index in [4.69, 9.17) is 11.6 Å². The quantitative estimate of drug-likeness (QED) is 0.395. The Hall–Kier alpha value is -3.55. The SMILES string of the molecule is [2H]C([2H])([2H])[C@@H]1CN(c2nc(-n3ccc(OCC(C)(C)C(F)(F)F)n3)ccc2C(=O)NS(=O)(=O)c2c[nH]cc2C)C(C)(C)C1([2H])[2H]. The number of halogens is 3. The average molecular weight is 588 g/mol. The maximum atomic E-state index is 13.5. The summed E-state index contributed by atoms with van der Waals surface area (Å²) in [4.78, 5) is 21.7. The first-order chi connectivity index (χ1) is 20.4. The van der Waals surface area contributed by atoms with Crippen LogP contribution in [0.1, 0.15) is 63.7 Å². The zero-order valence-electron chi connectivity index (χ0n) is 27.4. The topological polar surface area (TPSA) is 122 Å². The number of aromatic nitrogens is 4. The van der Waals surface area contributed by atoms with Crippen molar-refractivity contribution >= 4 is 21.7 Å². The van der Waals surface area contributed by atoms with Crippen molar-refractivity contribution in [2.45, 2.75) is 64.5 Å². The lowest BCUT2D eigenvalue weighted by Crippen LogP contribution is -2.41. The standard InChI is InChI=1S/C26H33F3N6O4S/c1-16-11-25(5,6)34(14-16)22-18(23(36)33-40(37,38)19-13-30-12-17(19)2)7-8-20(31-22)35-10-9-21(32-35)39-15-24(3,4)26(27,28)29/h7-10,12-13,16,30H,11,14-15H2,1-6H3,(H,33,36)/t16-/m0/s1/i1D3,11D2. The molecule has 218 valence electrons. The van der Waals surface area contributed by atoms with Gasteiger partial charge in [0.25, 0.3) is 15.9 Å². The van der Waals surface area contributed by atoms with Crippen molar-refractivity contribution in [1.29, 1.82) is 0 Å². The molecular weight excluding hydrogens is 549 g/mol. The van der Waals surface area contributed by atoms with Crippen LogP contribution >= 0.6 is 0 Å². The summed E-state index contributed by atoms with van der Waals surface area (Å²) < 4.78 is 116. The van der Waals surface area contributed by atoms with Crippen LogP contribution in [0.15, 0.2) is 41.7 Å². The number of aromatic amines is 1. The first kappa shape index (κ1) is 23.2. The fourth-order valence-corrected chi connectivity index (χ4v) is 5.23. The lowest BCUT2D eigenvalue weighted by atomic mass is 9.94. The van der Waals surface area contributed by atoms with Crippen LogP contribution in [0.4, 0.5) is 19.0 Å². The first-order valence-corrected chi connectivity index (χ1v) is 13.6. The molecule has 0 saturated carbocycles. The third-order valence-electron chi connectivity index (χ3n) is 6.50. The number of alkyl halides is 3. The van der Waals surface area contributed by atoms with Gasteiger partial charge < -0.3 is 14.6 Å². The van der Waals surface area contributed by atoms with Crippen LogP contribution in [-0.2, 0) is 10.0 Å². The Morgan fingerprint density at radius 2 is 2.02 bits per heavy atom. The van der Waals surface area contributed by atoms with E-state index >= 15 is 0 Å². The summed E-state index contributed by atoms with van der Waals surface area (Å²) in [5, 5.41) is 4.11. The van der Waals surface area contributed by atoms with Crippen molar-refractivity contribution < 1.29 is 38.0 Å². The molecule has 3 aromatic rings. The number of carbonyl (C=O) groups excluding carboxylic acids is 1. The summed E-state index contributed by atoms with van der Waals surface area (Å²) in [6.07, 6.45) is -2.90. The van der Waals surface area contributed by atoms with Crippen molar-refractivity contribution in [3.63, 3.8) is 0 Å². The highest BCUT2D eigenvalue weighted by Crippen LogP contribution is 2.39. The van der Waals surface area contributed by atoms with E-state index in [1.54, 1.807) is 0 Å². The van der Waals surface area contributed by atoms with E-state index < -0.39 is 65.4 Å². The van der Waals surface area contributed by atoms with Gasteiger partial charge in [-0.25, -0.2) is 22.8 Å². The number of aryl methyl sites for hydroxylation is 1. The summed E-state index contributed by atoms with van der Waals surface area (Å²) in [6.45, 7) is 2.49. The monoisotopic (exact) mass is 587 g/mol. The van der Waals surface area contributed by atoms with E-state index in [0.29, 0.717) is 5.56 Å². The van der Waals surface area contributed by atoms with E-state index in [0.717, 1.165) is 18.5 Å². The van der Waals surface area contributed by atoms with Gasteiger partial charge in [0.15, 0.2) is 5.82 Å². The van der Waals surface area contributed by atoms with Crippen LogP contribution in [0.25, 0.3) is 5.82 Å². The van der Waals surface area contributed by atoms with Gasteiger partial charge in [0.2, 0.25) is 5.88 Å². The molecule has 1 amide bonds. The molecule has 4 heterocycles. The minimum atomic E-state index is -4.53. The van der Waals surface area contributed by atoms with Crippen LogP contribution in [0.2, 0.25) is 0 Å². The highest BCUT2D eigenvalue weighted by Gasteiger charge is 2.48. The van der Waals surface area contributed by atoms with E-state index in [1.807, 2.05) is 4.72 Å². The highest BCUT2D eigenvalue weighted by atomic mass is 32.2. The van der Waals surface area contributed by atoms with E-state index in [-0.39, 0.29) is 28.0 Å². The number of nitrogens with one attached hydrogen (secondary N) is 2. The number of hydrogen-bond acceptors (Lipinski definition) is 7. The number of hydrogen-bond donors (Lipinski definition) is 2. The van der Waals surface area contributed by atoms with E-state index in [9.17, 15) is 26.4 Å². The molecule has 10 nitrogen and oxygen atoms in total. The molecule has 0 spiro atoms. The molecule has 1 aliphatic rings. The summed E-state index contributed by atoms with van der Waals surface area (Å²) in [7, 11) is -4.36. The molecule has 40 heavy (non-hydrogen) atoms. The molecule has 4 rings (SSSR count). The van der Waals surface area contributed by atoms with Gasteiger partial charge in [-0.15, -0.1) is 5.10 Å². The number of sulfonamides is 1. The highest BCUT2D eigenvalue weighted by molar-refractivity contribution is 7.90. The zero-order valence-corrected chi connectivity index (χ0v) is 23.2. The van der Waals surface area contributed by atoms with Crippen molar-refractivity contribution in [3.05, 3.63) is 47.9 Å². The minimum absolute atomic E-state index is 0.00418. The lowest BCUT2D eigenvalue weighted by Gasteiger charge is -2.34. The van der Waals surface area contributed by atoms with Crippen molar-refractivity contribution in [2.24, 2.45) is 11.3 Å². The van der Waals surface area contributed by atoms with Crippen LogP contribution < -0.4 is 14.4 Å². The molecule has 0 aromatic carbocycles. The molecule has 1 atom stereocenters. The van der Waals surface area contributed by atoms with Gasteiger partial charge in [-0.1, -0.05) is 6.85 Å². The predicted octanol–water partition coefficient (Wildman–Crippen LogP) is 4.61. The second kappa shape index (κ2) is 10.1. The fourth-order valence-electron chi connectivity index (χ4n) is 4.06. The van der Waals surface area contributed by atoms with Gasteiger partial charge in [0.1, 0.15) is 17.3 Å². The number of nitrogens with zero attached hydrogens (tertiary/aromatic N) is 4. The predicted molar refractivity (Wildman–Crippen MR) is 142 cm³/mol. The number of H-pyrrole nitrogens is 1. The molecule has 0 bridgehead atoms. The van der Waals surface area contributed by atoms with Crippen molar-refractivity contribution in [1.82, 2.24) is 24.5 Å². The van der Waals surface area contributed by atoms with Gasteiger partial charge in [-0.3, -0.25) is 4.79 Å². The molecule has 1 aliphatic heterocycles. The molecule has 1 saturated heterocycles. The fraction of sp³-hybridized carbons (Fsp3) is 0.500. The first-order valence-electron chi connectivity index (χ1n) is 14.6. The smallest absolute Gasteiger partial charge is 0.397 e. The largest absolute Gasteiger partial charge is 0.476 e. The third kappa shape index (κ3) is 5.81. The van der Waals surface area contributed by atoms with Gasteiger partial charge >= 0.3 is 6.18 Å². The minimum Gasteiger partial charge on any atom is -0.476 e. The summed E-state index contributed by atoms with van der Waals surface area (Å²) in [5.74, 6) is -3.01. The maximum Gasteiger partial charge on any atom is 0.397 e. The maximum absolute atomic E-state index is 13.5. The van der Waals surface area contributed by atoms with Crippen LogP contribution in [0.3, 0.4) is 0 Å². The molecule has 0 aliphatic carbocycles. The molecule has 3 aromatic heterocycles.